The van der Waals surface area contributed by atoms with Gasteiger partial charge in [0.15, 0.2) is 0 Å². The summed E-state index contributed by atoms with van der Waals surface area (Å²) in [5.41, 5.74) is 5.24. The Hall–Kier alpha value is -1.27. The number of hydrogen-bond acceptors (Lipinski definition) is 3. The van der Waals surface area contributed by atoms with Gasteiger partial charge in [0.2, 0.25) is 0 Å². The van der Waals surface area contributed by atoms with Crippen LogP contribution in [0, 0.1) is 0 Å². The minimum absolute atomic E-state index is 0.0120. The molecule has 0 aliphatic heterocycles. The maximum Gasteiger partial charge on any atom is 0.276 e. The number of rotatable bonds is 3. The first kappa shape index (κ1) is 11.2. The normalized spacial score (nSPS) is 12.2. The number of fused-ring (bicyclic) bond motifs is 1. The van der Waals surface area contributed by atoms with Crippen molar-refractivity contribution in [3.05, 3.63) is 23.2 Å². The van der Waals surface area contributed by atoms with Crippen LogP contribution in [0.5, 0.6) is 0 Å². The van der Waals surface area contributed by atoms with Crippen molar-refractivity contribution in [1.29, 1.82) is 0 Å². The van der Waals surface area contributed by atoms with E-state index in [1.54, 1.807) is 0 Å². The van der Waals surface area contributed by atoms with E-state index in [1.165, 1.54) is 12.5 Å². The Labute approximate surface area is 94.8 Å². The van der Waals surface area contributed by atoms with Crippen LogP contribution < -0.4 is 5.73 Å². The molecule has 4 nitrogen and oxygen atoms in total. The zero-order chi connectivity index (χ0) is 11.8. The molecule has 0 aromatic carbocycles. The Balaban J connectivity index is 2.61. The van der Waals surface area contributed by atoms with Crippen molar-refractivity contribution in [2.45, 2.75) is 12.3 Å². The average Bonchev–Trinajstić information content (AvgIpc) is 2.63. The molecular weight excluding hydrogens is 238 g/mol. The summed E-state index contributed by atoms with van der Waals surface area (Å²) in [5.74, 6) is -3.03. The van der Waals surface area contributed by atoms with E-state index in [2.05, 4.69) is 15.0 Å². The van der Waals surface area contributed by atoms with Gasteiger partial charge in [-0.1, -0.05) is 11.6 Å². The van der Waals surface area contributed by atoms with Crippen LogP contribution in [0.25, 0.3) is 11.0 Å². The molecule has 0 radical (unpaired) electrons. The monoisotopic (exact) mass is 246 g/mol. The lowest BCUT2D eigenvalue weighted by atomic mass is 10.1. The molecule has 7 heteroatoms. The van der Waals surface area contributed by atoms with Crippen LogP contribution in [-0.4, -0.2) is 21.5 Å². The lowest BCUT2D eigenvalue weighted by Crippen LogP contribution is -2.18. The van der Waals surface area contributed by atoms with Gasteiger partial charge in [0, 0.05) is 12.6 Å². The fourth-order valence-corrected chi connectivity index (χ4v) is 1.76. The lowest BCUT2D eigenvalue weighted by Gasteiger charge is -2.14. The Morgan fingerprint density at radius 2 is 2.19 bits per heavy atom. The molecule has 86 valence electrons. The summed E-state index contributed by atoms with van der Waals surface area (Å²) in [5, 5.41) is 0.167. The molecule has 3 N–H and O–H groups in total. The summed E-state index contributed by atoms with van der Waals surface area (Å²) in [7, 11) is 0. The van der Waals surface area contributed by atoms with E-state index in [0.717, 1.165) is 0 Å². The molecule has 16 heavy (non-hydrogen) atoms. The molecule has 2 heterocycles. The number of halogens is 3. The van der Waals surface area contributed by atoms with Gasteiger partial charge in [0.05, 0.1) is 10.9 Å². The van der Waals surface area contributed by atoms with E-state index in [0.29, 0.717) is 5.65 Å². The molecule has 0 saturated heterocycles. The van der Waals surface area contributed by atoms with Gasteiger partial charge in [0.25, 0.3) is 5.92 Å². The third-order valence-electron chi connectivity index (χ3n) is 2.28. The van der Waals surface area contributed by atoms with Crippen LogP contribution in [0.3, 0.4) is 0 Å². The van der Waals surface area contributed by atoms with Gasteiger partial charge in [-0.3, -0.25) is 0 Å². The van der Waals surface area contributed by atoms with Crippen molar-refractivity contribution in [3.8, 4) is 0 Å². The third kappa shape index (κ3) is 1.74. The summed E-state index contributed by atoms with van der Waals surface area (Å²) in [4.78, 5) is 10.1. The van der Waals surface area contributed by atoms with Crippen molar-refractivity contribution in [1.82, 2.24) is 15.0 Å². The molecule has 0 amide bonds. The zero-order valence-corrected chi connectivity index (χ0v) is 8.93. The number of hydrogen-bond donors (Lipinski definition) is 2. The molecule has 0 aliphatic carbocycles. The highest BCUT2D eigenvalue weighted by Gasteiger charge is 2.34. The predicted molar refractivity (Wildman–Crippen MR) is 56.5 cm³/mol. The molecule has 0 aliphatic rings. The first-order valence-corrected chi connectivity index (χ1v) is 5.00. The summed E-state index contributed by atoms with van der Waals surface area (Å²) >= 11 is 5.77. The highest BCUT2D eigenvalue weighted by atomic mass is 35.5. The molecule has 0 atom stereocenters. The van der Waals surface area contributed by atoms with E-state index in [-0.39, 0.29) is 22.6 Å². The fourth-order valence-electron chi connectivity index (χ4n) is 1.53. The molecule has 2 aromatic heterocycles. The van der Waals surface area contributed by atoms with Crippen molar-refractivity contribution >= 4 is 22.6 Å². The number of alkyl halides is 2. The Kier molecular flexibility index (Phi) is 2.77. The topological polar surface area (TPSA) is 67.6 Å². The van der Waals surface area contributed by atoms with Gasteiger partial charge < -0.3 is 10.7 Å². The SMILES string of the molecule is NCCC(F)(F)c1c[nH]c2ncnc(Cl)c12. The molecule has 0 unspecified atom stereocenters. The largest absolute Gasteiger partial charge is 0.345 e. The zero-order valence-electron chi connectivity index (χ0n) is 8.17. The second-order valence-electron chi connectivity index (χ2n) is 3.33. The van der Waals surface area contributed by atoms with Crippen LogP contribution in [0.1, 0.15) is 12.0 Å². The van der Waals surface area contributed by atoms with Crippen LogP contribution >= 0.6 is 11.6 Å². The lowest BCUT2D eigenvalue weighted by molar-refractivity contribution is -0.00913. The van der Waals surface area contributed by atoms with E-state index in [9.17, 15) is 8.78 Å². The quantitative estimate of drug-likeness (QED) is 0.815. The second-order valence-corrected chi connectivity index (χ2v) is 3.69. The Morgan fingerprint density at radius 3 is 2.88 bits per heavy atom. The molecular formula is C9H9ClF2N4. The number of aromatic amines is 1. The number of nitrogens with two attached hydrogens (primary N) is 1. The van der Waals surface area contributed by atoms with Crippen molar-refractivity contribution < 1.29 is 8.78 Å². The van der Waals surface area contributed by atoms with E-state index in [4.69, 9.17) is 17.3 Å². The third-order valence-corrected chi connectivity index (χ3v) is 2.56. The number of nitrogens with zero attached hydrogens (tertiary/aromatic N) is 2. The smallest absolute Gasteiger partial charge is 0.276 e. The molecule has 0 spiro atoms. The minimum Gasteiger partial charge on any atom is -0.345 e. The predicted octanol–water partition coefficient (Wildman–Crippen LogP) is 2.05. The Morgan fingerprint density at radius 1 is 1.44 bits per heavy atom. The van der Waals surface area contributed by atoms with E-state index >= 15 is 0 Å². The summed E-state index contributed by atoms with van der Waals surface area (Å²) in [6, 6.07) is 0. The molecule has 0 bridgehead atoms. The Bertz CT molecular complexity index is 511. The first-order chi connectivity index (χ1) is 7.56. The standard InChI is InChI=1S/C9H9ClF2N4/c10-7-6-5(9(11,12)1-2-13)3-14-8(6)16-4-15-7/h3-4H,1-2,13H2,(H,14,15,16). The highest BCUT2D eigenvalue weighted by Crippen LogP contribution is 2.37. The van der Waals surface area contributed by atoms with Crippen LogP contribution in [-0.2, 0) is 5.92 Å². The molecule has 0 fully saturated rings. The number of aromatic nitrogens is 3. The van der Waals surface area contributed by atoms with Crippen LogP contribution in [0.15, 0.2) is 12.5 Å². The summed E-state index contributed by atoms with van der Waals surface area (Å²) < 4.78 is 27.4. The van der Waals surface area contributed by atoms with Gasteiger partial charge in [-0.15, -0.1) is 0 Å². The summed E-state index contributed by atoms with van der Waals surface area (Å²) in [6.07, 6.45) is 1.97. The average molecular weight is 247 g/mol. The maximum absolute atomic E-state index is 13.7. The molecule has 0 saturated carbocycles. The minimum atomic E-state index is -3.03. The maximum atomic E-state index is 13.7. The number of H-pyrrole nitrogens is 1. The second kappa shape index (κ2) is 3.95. The van der Waals surface area contributed by atoms with Gasteiger partial charge in [-0.25, -0.2) is 18.7 Å². The summed E-state index contributed by atoms with van der Waals surface area (Å²) in [6.45, 7) is -0.106. The van der Waals surface area contributed by atoms with E-state index < -0.39 is 12.3 Å². The van der Waals surface area contributed by atoms with Crippen molar-refractivity contribution in [2.75, 3.05) is 6.54 Å². The highest BCUT2D eigenvalue weighted by molar-refractivity contribution is 6.34. The number of nitrogens with one attached hydrogen (secondary N) is 1. The molecule has 2 aromatic rings. The first-order valence-electron chi connectivity index (χ1n) is 4.62. The van der Waals surface area contributed by atoms with Crippen molar-refractivity contribution in [2.24, 2.45) is 5.73 Å². The van der Waals surface area contributed by atoms with E-state index in [1.807, 2.05) is 0 Å². The fraction of sp³-hybridized carbons (Fsp3) is 0.333. The van der Waals surface area contributed by atoms with Gasteiger partial charge in [-0.05, 0) is 6.54 Å². The van der Waals surface area contributed by atoms with Crippen LogP contribution in [0.2, 0.25) is 5.15 Å². The van der Waals surface area contributed by atoms with Crippen molar-refractivity contribution in [3.63, 3.8) is 0 Å². The van der Waals surface area contributed by atoms with Crippen LogP contribution in [0.4, 0.5) is 8.78 Å². The van der Waals surface area contributed by atoms with Gasteiger partial charge >= 0.3 is 0 Å². The van der Waals surface area contributed by atoms with Gasteiger partial charge in [-0.2, -0.15) is 0 Å². The molecule has 2 rings (SSSR count). The van der Waals surface area contributed by atoms with Gasteiger partial charge in [0.1, 0.15) is 17.1 Å².